The van der Waals surface area contributed by atoms with E-state index in [4.69, 9.17) is 9.83 Å². The first kappa shape index (κ1) is 15.5. The Hall–Kier alpha value is -3.41. The average molecular weight is 322 g/mol. The molecule has 0 aliphatic rings. The summed E-state index contributed by atoms with van der Waals surface area (Å²) >= 11 is 0. The Kier molecular flexibility index (Phi) is 3.87. The van der Waals surface area contributed by atoms with Gasteiger partial charge in [-0.25, -0.2) is 0 Å². The van der Waals surface area contributed by atoms with Crippen LogP contribution in [0.1, 0.15) is 27.6 Å². The number of ketones is 1. The second-order valence-corrected chi connectivity index (χ2v) is 5.28. The first-order valence-corrected chi connectivity index (χ1v) is 7.18. The van der Waals surface area contributed by atoms with Gasteiger partial charge in [0.15, 0.2) is 17.1 Å². The molecule has 0 unspecified atom stereocenters. The van der Waals surface area contributed by atoms with E-state index in [0.29, 0.717) is 16.6 Å². The number of para-hydroxylation sites is 1. The number of aromatic hydroxyl groups is 1. The molecule has 0 spiro atoms. The minimum absolute atomic E-state index is 0.0290. The maximum atomic E-state index is 12.4. The van der Waals surface area contributed by atoms with E-state index in [1.54, 1.807) is 36.4 Å². The highest BCUT2D eigenvalue weighted by molar-refractivity contribution is 6.06. The minimum atomic E-state index is -0.533. The number of hydrogen-bond acceptors (Lipinski definition) is 5. The van der Waals surface area contributed by atoms with Gasteiger partial charge in [0.05, 0.1) is 0 Å². The molecule has 6 nitrogen and oxygen atoms in total. The van der Waals surface area contributed by atoms with Crippen LogP contribution >= 0.6 is 0 Å². The number of fused-ring (bicyclic) bond motifs is 1. The third-order valence-electron chi connectivity index (χ3n) is 3.54. The van der Waals surface area contributed by atoms with Crippen molar-refractivity contribution in [2.24, 2.45) is 0 Å². The van der Waals surface area contributed by atoms with E-state index in [-0.39, 0.29) is 28.2 Å². The summed E-state index contributed by atoms with van der Waals surface area (Å²) in [4.78, 5) is 23.8. The van der Waals surface area contributed by atoms with E-state index >= 15 is 0 Å². The van der Waals surface area contributed by atoms with Crippen LogP contribution < -0.4 is 10.9 Å². The number of benzene rings is 2. The van der Waals surface area contributed by atoms with E-state index in [0.717, 1.165) is 0 Å². The van der Waals surface area contributed by atoms with Crippen molar-refractivity contribution >= 4 is 28.3 Å². The van der Waals surface area contributed by atoms with Gasteiger partial charge in [0, 0.05) is 16.6 Å². The monoisotopic (exact) mass is 322 g/mol. The standard InChI is InChI=1S/C18H14N2O4/c1-10(21)11-4-2-6-13(8-11)20-18(23)14-9-12-5-3-7-15(22)16(12)24-17(14)19/h2-9,19,22H,1H3,(H,20,23). The minimum Gasteiger partial charge on any atom is -0.504 e. The van der Waals surface area contributed by atoms with E-state index in [9.17, 15) is 14.7 Å². The molecule has 0 saturated carbocycles. The van der Waals surface area contributed by atoms with Crippen molar-refractivity contribution in [3.05, 3.63) is 65.2 Å². The van der Waals surface area contributed by atoms with Gasteiger partial charge < -0.3 is 14.8 Å². The van der Waals surface area contributed by atoms with Gasteiger partial charge in [-0.2, -0.15) is 0 Å². The number of rotatable bonds is 3. The molecule has 3 rings (SSSR count). The van der Waals surface area contributed by atoms with Gasteiger partial charge in [-0.3, -0.25) is 15.0 Å². The zero-order chi connectivity index (χ0) is 17.3. The van der Waals surface area contributed by atoms with Crippen LogP contribution in [0.4, 0.5) is 5.69 Å². The van der Waals surface area contributed by atoms with Gasteiger partial charge in [-0.15, -0.1) is 0 Å². The summed E-state index contributed by atoms with van der Waals surface area (Å²) < 4.78 is 5.25. The van der Waals surface area contributed by atoms with Crippen molar-refractivity contribution in [2.75, 3.05) is 5.32 Å². The van der Waals surface area contributed by atoms with Gasteiger partial charge in [0.2, 0.25) is 5.55 Å². The Labute approximate surface area is 136 Å². The summed E-state index contributed by atoms with van der Waals surface area (Å²) in [7, 11) is 0. The maximum absolute atomic E-state index is 12.4. The largest absolute Gasteiger partial charge is 0.504 e. The molecule has 3 aromatic rings. The molecule has 0 aliphatic carbocycles. The molecular weight excluding hydrogens is 308 g/mol. The van der Waals surface area contributed by atoms with E-state index in [1.165, 1.54) is 19.1 Å². The third kappa shape index (κ3) is 2.89. The normalized spacial score (nSPS) is 10.5. The summed E-state index contributed by atoms with van der Waals surface area (Å²) in [6.45, 7) is 1.44. The number of amides is 1. The highest BCUT2D eigenvalue weighted by Gasteiger charge is 2.14. The Morgan fingerprint density at radius 3 is 2.62 bits per heavy atom. The van der Waals surface area contributed by atoms with Crippen molar-refractivity contribution in [3.63, 3.8) is 0 Å². The van der Waals surface area contributed by atoms with Crippen LogP contribution in [0.25, 0.3) is 11.0 Å². The van der Waals surface area contributed by atoms with Crippen LogP contribution in [0.15, 0.2) is 52.9 Å². The number of hydrogen-bond donors (Lipinski definition) is 3. The predicted octanol–water partition coefficient (Wildman–Crippen LogP) is 3.07. The fourth-order valence-electron chi connectivity index (χ4n) is 2.33. The molecule has 1 amide bonds. The highest BCUT2D eigenvalue weighted by Crippen LogP contribution is 2.23. The number of carbonyl (C=O) groups excluding carboxylic acids is 2. The molecule has 0 saturated heterocycles. The van der Waals surface area contributed by atoms with Gasteiger partial charge in [0.1, 0.15) is 5.56 Å². The number of phenolic OH excluding ortho intramolecular Hbond substituents is 1. The maximum Gasteiger partial charge on any atom is 0.261 e. The molecule has 0 bridgehead atoms. The molecule has 0 atom stereocenters. The van der Waals surface area contributed by atoms with E-state index < -0.39 is 5.91 Å². The molecule has 0 aliphatic heterocycles. The van der Waals surface area contributed by atoms with Gasteiger partial charge >= 0.3 is 0 Å². The fraction of sp³-hybridized carbons (Fsp3) is 0.0556. The number of phenols is 1. The summed E-state index contributed by atoms with van der Waals surface area (Å²) in [6, 6.07) is 12.7. The molecule has 120 valence electrons. The second-order valence-electron chi connectivity index (χ2n) is 5.28. The lowest BCUT2D eigenvalue weighted by Gasteiger charge is -2.07. The van der Waals surface area contributed by atoms with Crippen molar-refractivity contribution in [1.29, 1.82) is 5.41 Å². The molecular formula is C18H14N2O4. The summed E-state index contributed by atoms with van der Waals surface area (Å²) in [6.07, 6.45) is 0. The number of carbonyl (C=O) groups is 2. The Balaban J connectivity index is 1.97. The Morgan fingerprint density at radius 2 is 1.88 bits per heavy atom. The average Bonchev–Trinajstić information content (AvgIpc) is 2.55. The highest BCUT2D eigenvalue weighted by atomic mass is 16.4. The fourth-order valence-corrected chi connectivity index (χ4v) is 2.33. The summed E-state index contributed by atoms with van der Waals surface area (Å²) in [5.41, 5.74) is 0.748. The van der Waals surface area contributed by atoms with Crippen LogP contribution in [0, 0.1) is 5.41 Å². The van der Waals surface area contributed by atoms with Crippen LogP contribution in [-0.2, 0) is 0 Å². The van der Waals surface area contributed by atoms with Crippen LogP contribution in [-0.4, -0.2) is 16.8 Å². The lowest BCUT2D eigenvalue weighted by Crippen LogP contribution is -2.20. The lowest BCUT2D eigenvalue weighted by atomic mass is 10.1. The van der Waals surface area contributed by atoms with E-state index in [1.807, 2.05) is 0 Å². The van der Waals surface area contributed by atoms with Crippen molar-refractivity contribution < 1.29 is 19.1 Å². The molecule has 6 heteroatoms. The summed E-state index contributed by atoms with van der Waals surface area (Å²) in [5.74, 6) is -0.736. The van der Waals surface area contributed by atoms with Crippen molar-refractivity contribution in [3.8, 4) is 5.75 Å². The smallest absolute Gasteiger partial charge is 0.261 e. The quantitative estimate of drug-likeness (QED) is 0.645. The number of nitrogens with one attached hydrogen (secondary N) is 2. The zero-order valence-electron chi connectivity index (χ0n) is 12.8. The van der Waals surface area contributed by atoms with Gasteiger partial charge in [-0.05, 0) is 31.2 Å². The van der Waals surface area contributed by atoms with Crippen molar-refractivity contribution in [1.82, 2.24) is 0 Å². The molecule has 1 heterocycles. The van der Waals surface area contributed by atoms with Crippen molar-refractivity contribution in [2.45, 2.75) is 6.92 Å². The second kappa shape index (κ2) is 6.00. The lowest BCUT2D eigenvalue weighted by molar-refractivity contribution is 0.100. The molecule has 3 N–H and O–H groups in total. The molecule has 24 heavy (non-hydrogen) atoms. The predicted molar refractivity (Wildman–Crippen MR) is 88.1 cm³/mol. The third-order valence-corrected chi connectivity index (χ3v) is 3.54. The molecule has 1 aromatic heterocycles. The molecule has 0 radical (unpaired) electrons. The van der Waals surface area contributed by atoms with Gasteiger partial charge in [0.25, 0.3) is 5.91 Å². The molecule has 2 aromatic carbocycles. The first-order valence-electron chi connectivity index (χ1n) is 7.18. The Morgan fingerprint density at radius 1 is 1.12 bits per heavy atom. The SMILES string of the molecule is CC(=O)c1cccc(NC(=O)c2cc3cccc(O)c3oc2=N)c1. The number of anilines is 1. The summed E-state index contributed by atoms with van der Waals surface area (Å²) in [5, 5.41) is 20.7. The van der Waals surface area contributed by atoms with E-state index in [2.05, 4.69) is 5.32 Å². The van der Waals surface area contributed by atoms with Gasteiger partial charge in [-0.1, -0.05) is 24.3 Å². The zero-order valence-corrected chi connectivity index (χ0v) is 12.8. The molecule has 0 fully saturated rings. The van der Waals surface area contributed by atoms with Crippen LogP contribution in [0.2, 0.25) is 0 Å². The van der Waals surface area contributed by atoms with Crippen LogP contribution in [0.3, 0.4) is 0 Å². The number of Topliss-reactive ketones (excluding diaryl/α,β-unsaturated/α-hetero) is 1. The topological polar surface area (TPSA) is 103 Å². The Bertz CT molecular complexity index is 1020. The van der Waals surface area contributed by atoms with Crippen LogP contribution in [0.5, 0.6) is 5.75 Å². The first-order chi connectivity index (χ1) is 11.5.